The first-order valence-corrected chi connectivity index (χ1v) is 9.75. The fourth-order valence-corrected chi connectivity index (χ4v) is 3.41. The number of carbonyl (C=O) groups is 3. The van der Waals surface area contributed by atoms with Gasteiger partial charge in [-0.05, 0) is 17.7 Å². The minimum absolute atomic E-state index is 0.0597. The van der Waals surface area contributed by atoms with E-state index >= 15 is 0 Å². The second-order valence-electron chi connectivity index (χ2n) is 7.53. The van der Waals surface area contributed by atoms with Crippen LogP contribution in [0.1, 0.15) is 5.56 Å². The fourth-order valence-electron chi connectivity index (χ4n) is 3.41. The van der Waals surface area contributed by atoms with Crippen LogP contribution in [-0.2, 0) is 30.3 Å². The predicted molar refractivity (Wildman–Crippen MR) is 101 cm³/mol. The van der Waals surface area contributed by atoms with Crippen LogP contribution in [0.25, 0.3) is 0 Å². The molecular weight excluding hydrogens is 414 g/mol. The van der Waals surface area contributed by atoms with Gasteiger partial charge in [0.2, 0.25) is 11.7 Å². The fraction of sp³-hybridized carbons (Fsp3) is 0.526. The third-order valence-electron chi connectivity index (χ3n) is 5.21. The van der Waals surface area contributed by atoms with E-state index in [4.69, 9.17) is 9.47 Å². The standard InChI is InChI=1S/C19H25N3O9/c23-11-3-1-10(2-4-11)5-12-18(28)21-6-14(24)20-7-15(25)30-8-13-16(26)17(27)19(29,31-13)9-22-12/h1-4,12-13,16-17,22-23,26-27,29H,5-9H2,(H,20,24)(H,21,28)/p+1/t12-,13+,16+,17-,19-/m0/s1. The van der Waals surface area contributed by atoms with Gasteiger partial charge < -0.3 is 45.9 Å². The summed E-state index contributed by atoms with van der Waals surface area (Å²) >= 11 is 0. The van der Waals surface area contributed by atoms with Crippen LogP contribution in [0.3, 0.4) is 0 Å². The average molecular weight is 440 g/mol. The number of rotatable bonds is 2. The van der Waals surface area contributed by atoms with Crippen LogP contribution in [0, 0.1) is 0 Å². The molecule has 2 aliphatic rings. The number of nitrogens with two attached hydrogens (primary N) is 1. The van der Waals surface area contributed by atoms with E-state index in [0.717, 1.165) is 0 Å². The summed E-state index contributed by atoms with van der Waals surface area (Å²) in [6.45, 7) is -1.61. The Bertz CT molecular complexity index is 818. The van der Waals surface area contributed by atoms with Gasteiger partial charge in [0.1, 0.15) is 43.8 Å². The smallest absolute Gasteiger partial charge is 0.325 e. The van der Waals surface area contributed by atoms with Gasteiger partial charge in [0.25, 0.3) is 5.91 Å². The number of benzene rings is 1. The van der Waals surface area contributed by atoms with Crippen LogP contribution < -0.4 is 16.0 Å². The van der Waals surface area contributed by atoms with E-state index in [9.17, 15) is 34.8 Å². The Hall–Kier alpha value is -2.77. The highest BCUT2D eigenvalue weighted by Crippen LogP contribution is 2.28. The van der Waals surface area contributed by atoms with Gasteiger partial charge in [0, 0.05) is 6.42 Å². The lowest BCUT2D eigenvalue weighted by Crippen LogP contribution is -2.96. The zero-order valence-electron chi connectivity index (χ0n) is 16.6. The molecule has 31 heavy (non-hydrogen) atoms. The molecular formula is C19H26N3O9+. The van der Waals surface area contributed by atoms with Crippen LogP contribution in [0.4, 0.5) is 0 Å². The number of aromatic hydroxyl groups is 1. The van der Waals surface area contributed by atoms with Crippen molar-refractivity contribution < 1.29 is 49.6 Å². The van der Waals surface area contributed by atoms with E-state index in [1.54, 1.807) is 12.1 Å². The molecule has 0 aromatic heterocycles. The van der Waals surface area contributed by atoms with Crippen LogP contribution in [0.5, 0.6) is 5.75 Å². The number of esters is 1. The lowest BCUT2D eigenvalue weighted by Gasteiger charge is -2.26. The summed E-state index contributed by atoms with van der Waals surface area (Å²) in [5.41, 5.74) is 0.702. The summed E-state index contributed by atoms with van der Waals surface area (Å²) in [6.07, 6.45) is -4.24. The van der Waals surface area contributed by atoms with Crippen molar-refractivity contribution in [3.63, 3.8) is 0 Å². The largest absolute Gasteiger partial charge is 0.508 e. The Morgan fingerprint density at radius 3 is 2.52 bits per heavy atom. The summed E-state index contributed by atoms with van der Waals surface area (Å²) in [5.74, 6) is -4.08. The number of hydrogen-bond acceptors (Lipinski definition) is 9. The van der Waals surface area contributed by atoms with Gasteiger partial charge in [-0.25, -0.2) is 0 Å². The minimum atomic E-state index is -2.20. The number of aliphatic hydroxyl groups is 3. The van der Waals surface area contributed by atoms with Gasteiger partial charge in [-0.2, -0.15) is 0 Å². The first-order chi connectivity index (χ1) is 14.7. The highest BCUT2D eigenvalue weighted by molar-refractivity contribution is 5.88. The van der Waals surface area contributed by atoms with E-state index in [0.29, 0.717) is 5.56 Å². The Morgan fingerprint density at radius 1 is 1.10 bits per heavy atom. The van der Waals surface area contributed by atoms with Gasteiger partial charge in [-0.3, -0.25) is 14.4 Å². The Balaban J connectivity index is 1.79. The maximum Gasteiger partial charge on any atom is 0.325 e. The molecule has 0 spiro atoms. The molecule has 3 rings (SSSR count). The van der Waals surface area contributed by atoms with Crippen molar-refractivity contribution in [1.82, 2.24) is 10.6 Å². The molecule has 5 atom stereocenters. The normalized spacial score (nSPS) is 32.9. The summed E-state index contributed by atoms with van der Waals surface area (Å²) in [7, 11) is 0. The number of phenols is 1. The van der Waals surface area contributed by atoms with Crippen molar-refractivity contribution in [2.75, 3.05) is 26.2 Å². The van der Waals surface area contributed by atoms with Gasteiger partial charge >= 0.3 is 5.97 Å². The molecule has 1 aromatic rings. The Morgan fingerprint density at radius 2 is 1.81 bits per heavy atom. The van der Waals surface area contributed by atoms with E-state index < -0.39 is 61.1 Å². The maximum atomic E-state index is 12.7. The quantitative estimate of drug-likeness (QED) is 0.222. The molecule has 1 aromatic carbocycles. The lowest BCUT2D eigenvalue weighted by atomic mass is 10.0. The highest BCUT2D eigenvalue weighted by Gasteiger charge is 2.55. The zero-order chi connectivity index (χ0) is 22.6. The molecule has 2 bridgehead atoms. The van der Waals surface area contributed by atoms with Gasteiger partial charge in [0.05, 0.1) is 6.54 Å². The number of amides is 2. The second kappa shape index (κ2) is 9.58. The molecule has 2 heterocycles. The molecule has 0 radical (unpaired) electrons. The second-order valence-corrected chi connectivity index (χ2v) is 7.53. The van der Waals surface area contributed by atoms with Crippen molar-refractivity contribution in [1.29, 1.82) is 0 Å². The first kappa shape index (κ1) is 22.9. The van der Waals surface area contributed by atoms with Crippen molar-refractivity contribution in [3.8, 4) is 5.75 Å². The van der Waals surface area contributed by atoms with Gasteiger partial charge in [0.15, 0.2) is 6.04 Å². The van der Waals surface area contributed by atoms with Crippen molar-refractivity contribution >= 4 is 17.8 Å². The number of ether oxygens (including phenoxy) is 2. The number of fused-ring (bicyclic) bond motifs is 2. The molecule has 2 saturated heterocycles. The van der Waals surface area contributed by atoms with E-state index in [2.05, 4.69) is 10.6 Å². The lowest BCUT2D eigenvalue weighted by molar-refractivity contribution is -0.697. The van der Waals surface area contributed by atoms with E-state index in [1.807, 2.05) is 0 Å². The van der Waals surface area contributed by atoms with Crippen molar-refractivity contribution in [2.45, 2.75) is 36.6 Å². The van der Waals surface area contributed by atoms with Crippen LogP contribution in [-0.4, -0.2) is 94.6 Å². The highest BCUT2D eigenvalue weighted by atomic mass is 16.7. The molecule has 12 nitrogen and oxygen atoms in total. The molecule has 2 fully saturated rings. The van der Waals surface area contributed by atoms with Crippen molar-refractivity contribution in [2.24, 2.45) is 0 Å². The number of nitrogens with one attached hydrogen (secondary N) is 2. The number of phenolic OH excluding ortho intramolecular Hbond substituents is 1. The number of quaternary nitrogens is 1. The number of aliphatic hydroxyl groups excluding tert-OH is 2. The minimum Gasteiger partial charge on any atom is -0.508 e. The molecule has 0 aliphatic carbocycles. The Labute approximate surface area is 177 Å². The number of hydrogen-bond donors (Lipinski definition) is 7. The summed E-state index contributed by atoms with van der Waals surface area (Å²) in [6, 6.07) is 5.33. The average Bonchev–Trinajstić information content (AvgIpc) is 2.96. The van der Waals surface area contributed by atoms with Crippen LogP contribution in [0.2, 0.25) is 0 Å². The SMILES string of the molecule is O=C1CNC(=O)[C@H](Cc2ccc(O)cc2)[NH2+]C[C@]2(O)O[C@H](COC(=O)CN1)[C@@H](O)[C@@H]2O. The maximum absolute atomic E-state index is 12.7. The first-order valence-electron chi connectivity index (χ1n) is 9.75. The molecule has 2 aliphatic heterocycles. The van der Waals surface area contributed by atoms with E-state index in [1.165, 1.54) is 17.4 Å². The molecule has 170 valence electrons. The molecule has 8 N–H and O–H groups in total. The number of carbonyl (C=O) groups excluding carboxylic acids is 3. The molecule has 0 unspecified atom stereocenters. The van der Waals surface area contributed by atoms with Gasteiger partial charge in [-0.15, -0.1) is 0 Å². The summed E-state index contributed by atoms with van der Waals surface area (Å²) < 4.78 is 10.3. The van der Waals surface area contributed by atoms with Crippen LogP contribution in [0.15, 0.2) is 24.3 Å². The summed E-state index contributed by atoms with van der Waals surface area (Å²) in [5, 5.41) is 46.7. The summed E-state index contributed by atoms with van der Waals surface area (Å²) in [4.78, 5) is 36.3. The third-order valence-corrected chi connectivity index (χ3v) is 5.21. The zero-order valence-corrected chi connectivity index (χ0v) is 16.6. The predicted octanol–water partition coefficient (Wildman–Crippen LogP) is -4.53. The van der Waals surface area contributed by atoms with E-state index in [-0.39, 0.29) is 25.3 Å². The third kappa shape index (κ3) is 5.68. The monoisotopic (exact) mass is 440 g/mol. The molecule has 0 saturated carbocycles. The molecule has 12 heteroatoms. The van der Waals surface area contributed by atoms with Gasteiger partial charge in [-0.1, -0.05) is 12.1 Å². The topological polar surface area (TPSA) is 191 Å². The Kier molecular flexibility index (Phi) is 7.08. The number of cyclic esters (lactones) is 1. The van der Waals surface area contributed by atoms with Crippen molar-refractivity contribution in [3.05, 3.63) is 29.8 Å². The van der Waals surface area contributed by atoms with Crippen LogP contribution >= 0.6 is 0 Å². The molecule has 2 amide bonds.